The van der Waals surface area contributed by atoms with E-state index in [0.29, 0.717) is 30.3 Å². The van der Waals surface area contributed by atoms with Crippen LogP contribution >= 0.6 is 11.6 Å². The Morgan fingerprint density at radius 2 is 1.90 bits per heavy atom. The molecule has 2 rings (SSSR count). The summed E-state index contributed by atoms with van der Waals surface area (Å²) in [7, 11) is 3.56. The summed E-state index contributed by atoms with van der Waals surface area (Å²) in [5.41, 5.74) is 1.54. The molecule has 1 aromatic heterocycles. The Morgan fingerprint density at radius 3 is 2.45 bits per heavy atom. The smallest absolute Gasteiger partial charge is 0.254 e. The van der Waals surface area contributed by atoms with Gasteiger partial charge in [-0.3, -0.25) is 9.59 Å². The van der Waals surface area contributed by atoms with Gasteiger partial charge in [-0.05, 0) is 49.7 Å². The number of amides is 2. The number of aryl methyl sites for hydroxylation is 1. The van der Waals surface area contributed by atoms with E-state index in [-0.39, 0.29) is 24.4 Å². The van der Waals surface area contributed by atoms with Gasteiger partial charge in [0.05, 0.1) is 13.2 Å². The molecule has 0 radical (unpaired) electrons. The average Bonchev–Trinajstić information content (AvgIpc) is 3.13. The van der Waals surface area contributed by atoms with Crippen LogP contribution in [0.4, 0.5) is 0 Å². The van der Waals surface area contributed by atoms with E-state index in [4.69, 9.17) is 16.3 Å². The van der Waals surface area contributed by atoms with Gasteiger partial charge in [0.25, 0.3) is 5.91 Å². The lowest BCUT2D eigenvalue weighted by Gasteiger charge is -2.31. The Hall–Kier alpha value is -2.31. The molecule has 1 heterocycles. The maximum atomic E-state index is 13.2. The first-order valence-electron chi connectivity index (χ1n) is 9.80. The van der Waals surface area contributed by atoms with Gasteiger partial charge in [0.15, 0.2) is 0 Å². The van der Waals surface area contributed by atoms with Crippen LogP contribution in [0.1, 0.15) is 36.3 Å². The zero-order chi connectivity index (χ0) is 21.4. The second-order valence-electron chi connectivity index (χ2n) is 7.12. The first-order valence-corrected chi connectivity index (χ1v) is 10.2. The molecule has 2 aromatic rings. The molecule has 29 heavy (non-hydrogen) atoms. The summed E-state index contributed by atoms with van der Waals surface area (Å²) >= 11 is 5.94. The van der Waals surface area contributed by atoms with E-state index >= 15 is 0 Å². The number of rotatable bonds is 10. The standard InChI is InChI=1S/C22H30ClN3O3/c1-5-17(2)26(22(28)18-8-10-19(23)11-9-18)16-21(27)25(13-14-29-4)15-20-7-6-12-24(20)3/h6-12,17H,5,13-16H2,1-4H3. The van der Waals surface area contributed by atoms with Crippen LogP contribution < -0.4 is 0 Å². The van der Waals surface area contributed by atoms with Crippen molar-refractivity contribution in [2.24, 2.45) is 7.05 Å². The zero-order valence-electron chi connectivity index (χ0n) is 17.6. The third kappa shape index (κ3) is 6.34. The van der Waals surface area contributed by atoms with E-state index in [1.165, 1.54) is 0 Å². The van der Waals surface area contributed by atoms with E-state index in [2.05, 4.69) is 0 Å². The molecule has 2 amide bonds. The Kier molecular flexibility index (Phi) is 8.73. The Morgan fingerprint density at radius 1 is 1.21 bits per heavy atom. The molecule has 0 saturated heterocycles. The molecule has 0 fully saturated rings. The summed E-state index contributed by atoms with van der Waals surface area (Å²) in [5, 5.41) is 0.570. The quantitative estimate of drug-likeness (QED) is 0.591. The Balaban J connectivity index is 2.19. The van der Waals surface area contributed by atoms with Crippen LogP contribution in [0, 0.1) is 0 Å². The van der Waals surface area contributed by atoms with Gasteiger partial charge in [-0.1, -0.05) is 18.5 Å². The molecule has 6 nitrogen and oxygen atoms in total. The van der Waals surface area contributed by atoms with E-state index in [1.54, 1.807) is 41.2 Å². The highest BCUT2D eigenvalue weighted by atomic mass is 35.5. The molecule has 0 saturated carbocycles. The van der Waals surface area contributed by atoms with Crippen molar-refractivity contribution in [3.05, 3.63) is 58.9 Å². The number of carbonyl (C=O) groups is 2. The largest absolute Gasteiger partial charge is 0.383 e. The molecule has 0 spiro atoms. The first-order chi connectivity index (χ1) is 13.9. The lowest BCUT2D eigenvalue weighted by atomic mass is 10.1. The van der Waals surface area contributed by atoms with Crippen molar-refractivity contribution in [2.45, 2.75) is 32.9 Å². The predicted octanol–water partition coefficient (Wildman–Crippen LogP) is 3.59. The van der Waals surface area contributed by atoms with Crippen LogP contribution in [0.2, 0.25) is 5.02 Å². The maximum Gasteiger partial charge on any atom is 0.254 e. The summed E-state index contributed by atoms with van der Waals surface area (Å²) in [4.78, 5) is 29.6. The molecule has 0 aliphatic carbocycles. The van der Waals surface area contributed by atoms with Crippen molar-refractivity contribution in [3.8, 4) is 0 Å². The molecule has 1 aromatic carbocycles. The van der Waals surface area contributed by atoms with Gasteiger partial charge in [-0.25, -0.2) is 0 Å². The van der Waals surface area contributed by atoms with E-state index < -0.39 is 0 Å². The number of carbonyl (C=O) groups excluding carboxylic acids is 2. The number of hydrogen-bond donors (Lipinski definition) is 0. The van der Waals surface area contributed by atoms with Crippen molar-refractivity contribution >= 4 is 23.4 Å². The summed E-state index contributed by atoms with van der Waals surface area (Å²) in [6, 6.07) is 10.6. The Bertz CT molecular complexity index is 804. The minimum Gasteiger partial charge on any atom is -0.383 e. The highest BCUT2D eigenvalue weighted by Gasteiger charge is 2.26. The summed E-state index contributed by atoms with van der Waals surface area (Å²) in [6.45, 7) is 5.34. The minimum absolute atomic E-state index is 0.0185. The fourth-order valence-corrected chi connectivity index (χ4v) is 3.13. The third-order valence-electron chi connectivity index (χ3n) is 5.10. The van der Waals surface area contributed by atoms with Gasteiger partial charge < -0.3 is 19.1 Å². The van der Waals surface area contributed by atoms with Crippen LogP contribution in [0.3, 0.4) is 0 Å². The van der Waals surface area contributed by atoms with Crippen molar-refractivity contribution in [1.29, 1.82) is 0 Å². The van der Waals surface area contributed by atoms with Gasteiger partial charge in [0, 0.05) is 49.2 Å². The molecule has 158 valence electrons. The predicted molar refractivity (Wildman–Crippen MR) is 115 cm³/mol. The van der Waals surface area contributed by atoms with Crippen LogP contribution in [-0.4, -0.2) is 59.0 Å². The van der Waals surface area contributed by atoms with Crippen LogP contribution in [0.5, 0.6) is 0 Å². The van der Waals surface area contributed by atoms with Crippen molar-refractivity contribution < 1.29 is 14.3 Å². The number of halogens is 1. The molecule has 7 heteroatoms. The van der Waals surface area contributed by atoms with Crippen LogP contribution in [0.25, 0.3) is 0 Å². The topological polar surface area (TPSA) is 54.8 Å². The molecular weight excluding hydrogens is 390 g/mol. The minimum atomic E-state index is -0.171. The van der Waals surface area contributed by atoms with Crippen LogP contribution in [0.15, 0.2) is 42.6 Å². The van der Waals surface area contributed by atoms with Gasteiger partial charge in [-0.2, -0.15) is 0 Å². The number of ether oxygens (including phenoxy) is 1. The Labute approximate surface area is 178 Å². The lowest BCUT2D eigenvalue weighted by molar-refractivity contribution is -0.133. The second kappa shape index (κ2) is 11.0. The molecule has 1 unspecified atom stereocenters. The molecule has 0 N–H and O–H groups in total. The SMILES string of the molecule is CCC(C)N(CC(=O)N(CCOC)Cc1cccn1C)C(=O)c1ccc(Cl)cc1. The third-order valence-corrected chi connectivity index (χ3v) is 5.35. The zero-order valence-corrected chi connectivity index (χ0v) is 18.4. The maximum absolute atomic E-state index is 13.2. The van der Waals surface area contributed by atoms with Gasteiger partial charge in [-0.15, -0.1) is 0 Å². The van der Waals surface area contributed by atoms with Crippen molar-refractivity contribution in [3.63, 3.8) is 0 Å². The highest BCUT2D eigenvalue weighted by Crippen LogP contribution is 2.15. The van der Waals surface area contributed by atoms with Crippen molar-refractivity contribution in [2.75, 3.05) is 26.8 Å². The summed E-state index contributed by atoms with van der Waals surface area (Å²) in [6.07, 6.45) is 2.70. The molecular formula is C22H30ClN3O3. The fraction of sp³-hybridized carbons (Fsp3) is 0.455. The number of hydrogen-bond acceptors (Lipinski definition) is 3. The summed E-state index contributed by atoms with van der Waals surface area (Å²) in [5.74, 6) is -0.277. The normalized spacial score (nSPS) is 11.9. The van der Waals surface area contributed by atoms with Gasteiger partial charge in [0.1, 0.15) is 6.54 Å². The second-order valence-corrected chi connectivity index (χ2v) is 7.55. The number of benzene rings is 1. The molecule has 0 aliphatic heterocycles. The molecule has 0 bridgehead atoms. The average molecular weight is 420 g/mol. The lowest BCUT2D eigenvalue weighted by Crippen LogP contribution is -2.47. The van der Waals surface area contributed by atoms with E-state index in [1.807, 2.05) is 43.8 Å². The van der Waals surface area contributed by atoms with Gasteiger partial charge in [0.2, 0.25) is 5.91 Å². The van der Waals surface area contributed by atoms with E-state index in [0.717, 1.165) is 12.1 Å². The highest BCUT2D eigenvalue weighted by molar-refractivity contribution is 6.30. The number of methoxy groups -OCH3 is 1. The molecule has 1 atom stereocenters. The van der Waals surface area contributed by atoms with E-state index in [9.17, 15) is 9.59 Å². The fourth-order valence-electron chi connectivity index (χ4n) is 3.00. The van der Waals surface area contributed by atoms with Crippen molar-refractivity contribution in [1.82, 2.24) is 14.4 Å². The number of aromatic nitrogens is 1. The number of nitrogens with zero attached hydrogens (tertiary/aromatic N) is 3. The monoisotopic (exact) mass is 419 g/mol. The molecule has 0 aliphatic rings. The first kappa shape index (κ1) is 23.0. The van der Waals surface area contributed by atoms with Crippen LogP contribution in [-0.2, 0) is 23.1 Å². The summed E-state index contributed by atoms with van der Waals surface area (Å²) < 4.78 is 7.16. The van der Waals surface area contributed by atoms with Gasteiger partial charge >= 0.3 is 0 Å².